The Labute approximate surface area is 159 Å². The zero-order chi connectivity index (χ0) is 19.1. The van der Waals surface area contributed by atoms with Crippen LogP contribution in [-0.2, 0) is 6.54 Å². The van der Waals surface area contributed by atoms with E-state index in [4.69, 9.17) is 9.47 Å². The van der Waals surface area contributed by atoms with Crippen molar-refractivity contribution < 1.29 is 14.3 Å². The molecule has 0 unspecified atom stereocenters. The Balaban J connectivity index is 1.67. The van der Waals surface area contributed by atoms with Gasteiger partial charge in [-0.25, -0.2) is 0 Å². The molecule has 1 heterocycles. The fourth-order valence-corrected chi connectivity index (χ4v) is 2.51. The van der Waals surface area contributed by atoms with E-state index in [1.165, 1.54) is 0 Å². The van der Waals surface area contributed by atoms with Gasteiger partial charge in [0, 0.05) is 18.9 Å². The summed E-state index contributed by atoms with van der Waals surface area (Å²) in [6.45, 7) is 4.35. The van der Waals surface area contributed by atoms with E-state index in [1.54, 1.807) is 24.5 Å². The molecule has 3 rings (SSSR count). The lowest BCUT2D eigenvalue weighted by Crippen LogP contribution is -2.22. The van der Waals surface area contributed by atoms with Crippen molar-refractivity contribution >= 4 is 5.91 Å². The van der Waals surface area contributed by atoms with Gasteiger partial charge in [0.15, 0.2) is 11.5 Å². The number of ether oxygens (including phenoxy) is 2. The van der Waals surface area contributed by atoms with E-state index in [0.29, 0.717) is 29.4 Å². The molecule has 0 aliphatic carbocycles. The molecule has 0 atom stereocenters. The van der Waals surface area contributed by atoms with Gasteiger partial charge in [0.1, 0.15) is 5.75 Å². The van der Waals surface area contributed by atoms with Crippen LogP contribution in [0.1, 0.15) is 29.8 Å². The first kappa shape index (κ1) is 18.5. The fraction of sp³-hybridized carbons (Fsp3) is 0.182. The summed E-state index contributed by atoms with van der Waals surface area (Å²) in [5.41, 5.74) is 1.47. The standard InChI is InChI=1S/C22H22N2O3/c1-16(2)26-20-10-3-4-11-21(20)27-19-9-5-7-17(13-19)14-24-22(25)18-8-6-12-23-15-18/h3-13,15-16H,14H2,1-2H3,(H,24,25). The molecule has 0 bridgehead atoms. The first-order valence-corrected chi connectivity index (χ1v) is 8.82. The molecule has 0 radical (unpaired) electrons. The molecule has 0 fully saturated rings. The fourth-order valence-electron chi connectivity index (χ4n) is 2.51. The van der Waals surface area contributed by atoms with Gasteiger partial charge in [0.2, 0.25) is 0 Å². The average Bonchev–Trinajstić information content (AvgIpc) is 2.68. The van der Waals surface area contributed by atoms with Crippen LogP contribution >= 0.6 is 0 Å². The van der Waals surface area contributed by atoms with Crippen LogP contribution in [0.15, 0.2) is 73.1 Å². The molecule has 138 valence electrons. The summed E-state index contributed by atoms with van der Waals surface area (Å²) in [6, 6.07) is 18.6. The van der Waals surface area contributed by atoms with Gasteiger partial charge in [-0.1, -0.05) is 24.3 Å². The number of hydrogen-bond donors (Lipinski definition) is 1. The van der Waals surface area contributed by atoms with Gasteiger partial charge in [-0.15, -0.1) is 0 Å². The van der Waals surface area contributed by atoms with Gasteiger partial charge >= 0.3 is 0 Å². The van der Waals surface area contributed by atoms with Gasteiger partial charge in [0.25, 0.3) is 5.91 Å². The first-order valence-electron chi connectivity index (χ1n) is 8.82. The maximum absolute atomic E-state index is 12.1. The number of benzene rings is 2. The van der Waals surface area contributed by atoms with Crippen molar-refractivity contribution in [3.63, 3.8) is 0 Å². The van der Waals surface area contributed by atoms with Crippen molar-refractivity contribution in [2.45, 2.75) is 26.5 Å². The molecule has 0 spiro atoms. The molecular formula is C22H22N2O3. The third-order valence-electron chi connectivity index (χ3n) is 3.71. The Bertz CT molecular complexity index is 895. The Morgan fingerprint density at radius 2 is 1.85 bits per heavy atom. The van der Waals surface area contributed by atoms with E-state index >= 15 is 0 Å². The summed E-state index contributed by atoms with van der Waals surface area (Å²) in [5, 5.41) is 2.88. The molecule has 3 aromatic rings. The van der Waals surface area contributed by atoms with Crippen molar-refractivity contribution in [3.05, 3.63) is 84.2 Å². The molecule has 0 aliphatic rings. The normalized spacial score (nSPS) is 10.5. The number of para-hydroxylation sites is 2. The summed E-state index contributed by atoms with van der Waals surface area (Å²) in [4.78, 5) is 16.1. The van der Waals surface area contributed by atoms with Crippen LogP contribution in [0.3, 0.4) is 0 Å². The number of nitrogens with zero attached hydrogens (tertiary/aromatic N) is 1. The molecule has 0 saturated heterocycles. The minimum absolute atomic E-state index is 0.0590. The van der Waals surface area contributed by atoms with Gasteiger partial charge in [0.05, 0.1) is 11.7 Å². The molecule has 5 heteroatoms. The number of carbonyl (C=O) groups excluding carboxylic acids is 1. The van der Waals surface area contributed by atoms with Crippen molar-refractivity contribution in [2.75, 3.05) is 0 Å². The van der Waals surface area contributed by atoms with Gasteiger partial charge < -0.3 is 14.8 Å². The van der Waals surface area contributed by atoms with Crippen molar-refractivity contribution in [1.29, 1.82) is 0 Å². The molecule has 2 aromatic carbocycles. The predicted octanol–water partition coefficient (Wildman–Crippen LogP) is 4.59. The Morgan fingerprint density at radius 1 is 1.04 bits per heavy atom. The van der Waals surface area contributed by atoms with Crippen LogP contribution in [0.4, 0.5) is 0 Å². The minimum Gasteiger partial charge on any atom is -0.487 e. The summed E-state index contributed by atoms with van der Waals surface area (Å²) in [5.74, 6) is 1.87. The lowest BCUT2D eigenvalue weighted by atomic mass is 10.2. The Morgan fingerprint density at radius 3 is 2.59 bits per heavy atom. The second-order valence-corrected chi connectivity index (χ2v) is 6.29. The molecular weight excluding hydrogens is 340 g/mol. The van der Waals surface area contributed by atoms with Crippen molar-refractivity contribution in [1.82, 2.24) is 10.3 Å². The zero-order valence-corrected chi connectivity index (χ0v) is 15.4. The van der Waals surface area contributed by atoms with E-state index < -0.39 is 0 Å². The minimum atomic E-state index is -0.162. The van der Waals surface area contributed by atoms with E-state index in [1.807, 2.05) is 62.4 Å². The highest BCUT2D eigenvalue weighted by atomic mass is 16.5. The SMILES string of the molecule is CC(C)Oc1ccccc1Oc1cccc(CNC(=O)c2cccnc2)c1. The largest absolute Gasteiger partial charge is 0.487 e. The van der Waals surface area contributed by atoms with Gasteiger partial charge in [-0.05, 0) is 55.8 Å². The monoisotopic (exact) mass is 362 g/mol. The van der Waals surface area contributed by atoms with E-state index in [9.17, 15) is 4.79 Å². The summed E-state index contributed by atoms with van der Waals surface area (Å²) in [6.07, 6.45) is 3.24. The van der Waals surface area contributed by atoms with Gasteiger partial charge in [-0.3, -0.25) is 9.78 Å². The number of carbonyl (C=O) groups is 1. The predicted molar refractivity (Wildman–Crippen MR) is 104 cm³/mol. The number of nitrogens with one attached hydrogen (secondary N) is 1. The highest BCUT2D eigenvalue weighted by Crippen LogP contribution is 2.32. The average molecular weight is 362 g/mol. The first-order chi connectivity index (χ1) is 13.1. The number of aromatic nitrogens is 1. The summed E-state index contributed by atoms with van der Waals surface area (Å²) in [7, 11) is 0. The summed E-state index contributed by atoms with van der Waals surface area (Å²) >= 11 is 0. The van der Waals surface area contributed by atoms with Gasteiger partial charge in [-0.2, -0.15) is 0 Å². The molecule has 0 aliphatic heterocycles. The number of amides is 1. The molecule has 0 saturated carbocycles. The van der Waals surface area contributed by atoms with Crippen LogP contribution in [-0.4, -0.2) is 17.0 Å². The molecule has 1 amide bonds. The highest BCUT2D eigenvalue weighted by Gasteiger charge is 2.09. The smallest absolute Gasteiger partial charge is 0.253 e. The third-order valence-corrected chi connectivity index (χ3v) is 3.71. The van der Waals surface area contributed by atoms with Crippen LogP contribution in [0.2, 0.25) is 0 Å². The van der Waals surface area contributed by atoms with Crippen molar-refractivity contribution in [2.24, 2.45) is 0 Å². The second-order valence-electron chi connectivity index (χ2n) is 6.29. The van der Waals surface area contributed by atoms with Crippen LogP contribution < -0.4 is 14.8 Å². The molecule has 5 nitrogen and oxygen atoms in total. The van der Waals surface area contributed by atoms with E-state index in [2.05, 4.69) is 10.3 Å². The molecule has 1 aromatic heterocycles. The van der Waals surface area contributed by atoms with Crippen molar-refractivity contribution in [3.8, 4) is 17.2 Å². The summed E-state index contributed by atoms with van der Waals surface area (Å²) < 4.78 is 11.8. The Kier molecular flexibility index (Phi) is 6.05. The second kappa shape index (κ2) is 8.85. The molecule has 1 N–H and O–H groups in total. The maximum atomic E-state index is 12.1. The number of rotatable bonds is 7. The number of hydrogen-bond acceptors (Lipinski definition) is 4. The topological polar surface area (TPSA) is 60.5 Å². The van der Waals surface area contributed by atoms with Crippen LogP contribution in [0.25, 0.3) is 0 Å². The quantitative estimate of drug-likeness (QED) is 0.668. The third kappa shape index (κ3) is 5.31. The van der Waals surface area contributed by atoms with E-state index in [-0.39, 0.29) is 12.0 Å². The van der Waals surface area contributed by atoms with E-state index in [0.717, 1.165) is 5.56 Å². The lowest BCUT2D eigenvalue weighted by molar-refractivity contribution is 0.0950. The maximum Gasteiger partial charge on any atom is 0.253 e. The number of pyridine rings is 1. The zero-order valence-electron chi connectivity index (χ0n) is 15.4. The molecule has 27 heavy (non-hydrogen) atoms. The Hall–Kier alpha value is -3.34. The van der Waals surface area contributed by atoms with Crippen LogP contribution in [0.5, 0.6) is 17.2 Å². The highest BCUT2D eigenvalue weighted by molar-refractivity contribution is 5.93. The van der Waals surface area contributed by atoms with Crippen LogP contribution in [0, 0.1) is 0 Å². The lowest BCUT2D eigenvalue weighted by Gasteiger charge is -2.15.